The molecule has 2 heterocycles. The summed E-state index contributed by atoms with van der Waals surface area (Å²) in [5.74, 6) is -1.71. The summed E-state index contributed by atoms with van der Waals surface area (Å²) < 4.78 is 5.47. The Morgan fingerprint density at radius 3 is 2.52 bits per heavy atom. The first-order chi connectivity index (χ1) is 15.9. The van der Waals surface area contributed by atoms with Gasteiger partial charge < -0.3 is 15.0 Å². The number of para-hydroxylation sites is 1. The van der Waals surface area contributed by atoms with E-state index in [1.807, 2.05) is 37.3 Å². The van der Waals surface area contributed by atoms with E-state index in [0.717, 1.165) is 18.4 Å². The number of hydrogen-bond acceptors (Lipinski definition) is 5. The van der Waals surface area contributed by atoms with Crippen molar-refractivity contribution in [3.63, 3.8) is 0 Å². The SMILES string of the molecule is CC(NC(=O)COC(=O)C12CCC(=O)N1c1ccccc1C(=O)N2C1CC1)c1ccccc1. The Hall–Kier alpha value is -3.68. The van der Waals surface area contributed by atoms with Crippen molar-refractivity contribution in [2.75, 3.05) is 11.5 Å². The van der Waals surface area contributed by atoms with Gasteiger partial charge in [0.05, 0.1) is 17.3 Å². The van der Waals surface area contributed by atoms with E-state index in [-0.39, 0.29) is 36.7 Å². The fraction of sp³-hybridized carbons (Fsp3) is 0.360. The Morgan fingerprint density at radius 1 is 1.09 bits per heavy atom. The van der Waals surface area contributed by atoms with Crippen molar-refractivity contribution in [2.45, 2.75) is 50.4 Å². The van der Waals surface area contributed by atoms with Gasteiger partial charge in [-0.1, -0.05) is 42.5 Å². The van der Waals surface area contributed by atoms with Crippen LogP contribution >= 0.6 is 0 Å². The summed E-state index contributed by atoms with van der Waals surface area (Å²) in [5, 5.41) is 2.81. The molecular weight excluding hydrogens is 422 g/mol. The first-order valence-electron chi connectivity index (χ1n) is 11.2. The normalized spacial score (nSPS) is 22.5. The molecule has 1 N–H and O–H groups in total. The lowest BCUT2D eigenvalue weighted by atomic mass is 9.96. The zero-order valence-corrected chi connectivity index (χ0v) is 18.3. The summed E-state index contributed by atoms with van der Waals surface area (Å²) in [6.07, 6.45) is 1.79. The predicted octanol–water partition coefficient (Wildman–Crippen LogP) is 2.55. The maximum Gasteiger partial charge on any atom is 0.354 e. The molecule has 8 heteroatoms. The summed E-state index contributed by atoms with van der Waals surface area (Å²) >= 11 is 0. The van der Waals surface area contributed by atoms with Gasteiger partial charge in [-0.05, 0) is 37.5 Å². The fourth-order valence-corrected chi connectivity index (χ4v) is 4.87. The van der Waals surface area contributed by atoms with Gasteiger partial charge in [-0.15, -0.1) is 0 Å². The average molecular weight is 447 g/mol. The van der Waals surface area contributed by atoms with Gasteiger partial charge in [0.1, 0.15) is 0 Å². The fourth-order valence-electron chi connectivity index (χ4n) is 4.87. The summed E-state index contributed by atoms with van der Waals surface area (Å²) in [7, 11) is 0. The molecule has 2 atom stereocenters. The number of hydrogen-bond donors (Lipinski definition) is 1. The molecule has 2 unspecified atom stereocenters. The van der Waals surface area contributed by atoms with Crippen LogP contribution in [-0.4, -0.2) is 46.9 Å². The number of benzene rings is 2. The van der Waals surface area contributed by atoms with Gasteiger partial charge in [0.15, 0.2) is 6.61 Å². The smallest absolute Gasteiger partial charge is 0.354 e. The molecule has 2 fully saturated rings. The van der Waals surface area contributed by atoms with E-state index in [0.29, 0.717) is 11.3 Å². The van der Waals surface area contributed by atoms with Crippen LogP contribution in [0, 0.1) is 0 Å². The van der Waals surface area contributed by atoms with E-state index in [1.165, 1.54) is 9.80 Å². The zero-order chi connectivity index (χ0) is 23.2. The lowest BCUT2D eigenvalue weighted by Crippen LogP contribution is -2.69. The van der Waals surface area contributed by atoms with Crippen molar-refractivity contribution in [1.29, 1.82) is 0 Å². The van der Waals surface area contributed by atoms with E-state index in [1.54, 1.807) is 24.3 Å². The quantitative estimate of drug-likeness (QED) is 0.687. The number of fused-ring (bicyclic) bond motifs is 3. The molecule has 0 radical (unpaired) electrons. The number of rotatable bonds is 6. The average Bonchev–Trinajstić information content (AvgIpc) is 3.60. The first-order valence-corrected chi connectivity index (χ1v) is 11.2. The number of nitrogens with one attached hydrogen (secondary N) is 1. The lowest BCUT2D eigenvalue weighted by molar-refractivity contribution is -0.160. The molecule has 2 aliphatic heterocycles. The summed E-state index contributed by atoms with van der Waals surface area (Å²) in [5.41, 5.74) is 0.200. The van der Waals surface area contributed by atoms with Crippen molar-refractivity contribution >= 4 is 29.4 Å². The van der Waals surface area contributed by atoms with E-state index in [4.69, 9.17) is 4.74 Å². The van der Waals surface area contributed by atoms with Gasteiger partial charge in [-0.2, -0.15) is 0 Å². The molecule has 1 aliphatic carbocycles. The van der Waals surface area contributed by atoms with Crippen LogP contribution in [0.3, 0.4) is 0 Å². The third-order valence-corrected chi connectivity index (χ3v) is 6.55. The summed E-state index contributed by atoms with van der Waals surface area (Å²) in [6, 6.07) is 15.9. The van der Waals surface area contributed by atoms with Crippen molar-refractivity contribution in [3.05, 3.63) is 65.7 Å². The standard InChI is InChI=1S/C25H25N3O5/c1-16(17-7-3-2-4-8-17)26-21(29)15-33-24(32)25-14-13-22(30)28(25)20-10-6-5-9-19(20)23(31)27(25)18-11-12-18/h2-10,16,18H,11-15H2,1H3,(H,26,29). The molecule has 2 aromatic rings. The molecule has 2 aromatic carbocycles. The second kappa shape index (κ2) is 8.03. The van der Waals surface area contributed by atoms with Crippen LogP contribution in [-0.2, 0) is 19.1 Å². The van der Waals surface area contributed by atoms with Crippen molar-refractivity contribution < 1.29 is 23.9 Å². The Morgan fingerprint density at radius 2 is 1.79 bits per heavy atom. The summed E-state index contributed by atoms with van der Waals surface area (Å²) in [4.78, 5) is 55.3. The van der Waals surface area contributed by atoms with Crippen molar-refractivity contribution in [2.24, 2.45) is 0 Å². The predicted molar refractivity (Wildman–Crippen MR) is 119 cm³/mol. The Labute approximate surface area is 191 Å². The molecule has 0 bridgehead atoms. The highest BCUT2D eigenvalue weighted by Crippen LogP contribution is 2.49. The number of anilines is 1. The molecule has 0 aromatic heterocycles. The highest BCUT2D eigenvalue weighted by Gasteiger charge is 2.64. The van der Waals surface area contributed by atoms with Crippen LogP contribution < -0.4 is 10.2 Å². The Bertz CT molecular complexity index is 1130. The van der Waals surface area contributed by atoms with E-state index >= 15 is 0 Å². The topological polar surface area (TPSA) is 96.0 Å². The molecule has 3 amide bonds. The van der Waals surface area contributed by atoms with E-state index in [9.17, 15) is 19.2 Å². The molecule has 1 saturated carbocycles. The zero-order valence-electron chi connectivity index (χ0n) is 18.3. The van der Waals surface area contributed by atoms with Crippen LogP contribution in [0.15, 0.2) is 54.6 Å². The Kier molecular flexibility index (Phi) is 5.15. The number of carbonyl (C=O) groups excluding carboxylic acids is 4. The molecule has 8 nitrogen and oxygen atoms in total. The van der Waals surface area contributed by atoms with Crippen LogP contribution in [0.5, 0.6) is 0 Å². The van der Waals surface area contributed by atoms with E-state index < -0.39 is 24.1 Å². The van der Waals surface area contributed by atoms with Gasteiger partial charge in [0.25, 0.3) is 11.8 Å². The monoisotopic (exact) mass is 447 g/mol. The van der Waals surface area contributed by atoms with Gasteiger partial charge in [-0.3, -0.25) is 19.3 Å². The van der Waals surface area contributed by atoms with Gasteiger partial charge in [0.2, 0.25) is 11.6 Å². The van der Waals surface area contributed by atoms with E-state index in [2.05, 4.69) is 5.32 Å². The molecule has 33 heavy (non-hydrogen) atoms. The first kappa shape index (κ1) is 21.2. The highest BCUT2D eigenvalue weighted by molar-refractivity contribution is 6.15. The number of carbonyl (C=O) groups is 4. The number of nitrogens with zero attached hydrogens (tertiary/aromatic N) is 2. The molecule has 170 valence electrons. The Balaban J connectivity index is 1.38. The largest absolute Gasteiger partial charge is 0.452 e. The second-order valence-electron chi connectivity index (χ2n) is 8.75. The molecular formula is C25H25N3O5. The minimum Gasteiger partial charge on any atom is -0.452 e. The van der Waals surface area contributed by atoms with Crippen LogP contribution in [0.2, 0.25) is 0 Å². The molecule has 0 spiro atoms. The maximum atomic E-state index is 13.5. The minimum atomic E-state index is -1.55. The third kappa shape index (κ3) is 3.46. The van der Waals surface area contributed by atoms with Gasteiger partial charge in [0, 0.05) is 18.9 Å². The minimum absolute atomic E-state index is 0.122. The van der Waals surface area contributed by atoms with Crippen LogP contribution in [0.4, 0.5) is 5.69 Å². The van der Waals surface area contributed by atoms with Gasteiger partial charge in [-0.25, -0.2) is 4.79 Å². The lowest BCUT2D eigenvalue weighted by Gasteiger charge is -2.48. The van der Waals surface area contributed by atoms with Crippen LogP contribution in [0.25, 0.3) is 0 Å². The summed E-state index contributed by atoms with van der Waals surface area (Å²) in [6.45, 7) is 1.35. The van der Waals surface area contributed by atoms with Crippen molar-refractivity contribution in [3.8, 4) is 0 Å². The number of esters is 1. The molecule has 3 aliphatic rings. The van der Waals surface area contributed by atoms with Gasteiger partial charge >= 0.3 is 5.97 Å². The highest BCUT2D eigenvalue weighted by atomic mass is 16.5. The molecule has 5 rings (SSSR count). The second-order valence-corrected chi connectivity index (χ2v) is 8.75. The maximum absolute atomic E-state index is 13.5. The molecule has 1 saturated heterocycles. The van der Waals surface area contributed by atoms with Crippen LogP contribution in [0.1, 0.15) is 54.6 Å². The number of amides is 3. The third-order valence-electron chi connectivity index (χ3n) is 6.55. The number of ether oxygens (including phenoxy) is 1. The van der Waals surface area contributed by atoms with Crippen molar-refractivity contribution in [1.82, 2.24) is 10.2 Å².